The number of nitriles is 1. The fourth-order valence-corrected chi connectivity index (χ4v) is 1.54. The van der Waals surface area contributed by atoms with E-state index in [1.807, 2.05) is 6.92 Å². The maximum absolute atomic E-state index is 13.6. The molecule has 98 valence electrons. The minimum Gasteiger partial charge on any atom is -0.444 e. The summed E-state index contributed by atoms with van der Waals surface area (Å²) >= 11 is 0. The molecule has 0 aliphatic carbocycles. The van der Waals surface area contributed by atoms with E-state index in [0.717, 1.165) is 5.76 Å². The third-order valence-electron chi connectivity index (χ3n) is 2.58. The highest BCUT2D eigenvalue weighted by Gasteiger charge is 2.13. The molecule has 6 heteroatoms. The maximum Gasteiger partial charge on any atom is 0.213 e. The predicted molar refractivity (Wildman–Crippen MR) is 64.3 cm³/mol. The molecule has 0 atom stereocenters. The third-order valence-corrected chi connectivity index (χ3v) is 2.58. The van der Waals surface area contributed by atoms with Crippen molar-refractivity contribution in [1.29, 1.82) is 5.26 Å². The first-order valence-corrected chi connectivity index (χ1v) is 5.71. The number of nitrogens with zero attached hydrogens (tertiary/aromatic N) is 2. The van der Waals surface area contributed by atoms with E-state index < -0.39 is 11.6 Å². The highest BCUT2D eigenvalue weighted by Crippen LogP contribution is 2.20. The van der Waals surface area contributed by atoms with Crippen molar-refractivity contribution < 1.29 is 13.2 Å². The molecule has 0 bridgehead atoms. The third kappa shape index (κ3) is 2.71. The van der Waals surface area contributed by atoms with Gasteiger partial charge in [-0.1, -0.05) is 6.92 Å². The SMILES string of the molecule is CCc1cnc(CNc2ccc(C#N)c(F)c2F)o1. The lowest BCUT2D eigenvalue weighted by atomic mass is 10.2. The van der Waals surface area contributed by atoms with Crippen molar-refractivity contribution in [1.82, 2.24) is 4.98 Å². The number of nitrogens with one attached hydrogen (secondary N) is 1. The van der Waals surface area contributed by atoms with Gasteiger partial charge in [0, 0.05) is 6.42 Å². The fourth-order valence-electron chi connectivity index (χ4n) is 1.54. The van der Waals surface area contributed by atoms with Gasteiger partial charge in [-0.05, 0) is 12.1 Å². The number of aromatic nitrogens is 1. The summed E-state index contributed by atoms with van der Waals surface area (Å²) in [5, 5.41) is 11.2. The second-order valence-electron chi connectivity index (χ2n) is 3.83. The highest BCUT2D eigenvalue weighted by atomic mass is 19.2. The van der Waals surface area contributed by atoms with Gasteiger partial charge >= 0.3 is 0 Å². The van der Waals surface area contributed by atoms with Gasteiger partial charge < -0.3 is 9.73 Å². The van der Waals surface area contributed by atoms with Crippen LogP contribution in [0.1, 0.15) is 24.1 Å². The zero-order chi connectivity index (χ0) is 13.8. The van der Waals surface area contributed by atoms with E-state index in [0.29, 0.717) is 12.3 Å². The molecule has 0 fully saturated rings. The molecule has 1 heterocycles. The van der Waals surface area contributed by atoms with Gasteiger partial charge in [0.2, 0.25) is 5.89 Å². The van der Waals surface area contributed by atoms with Crippen LogP contribution in [-0.4, -0.2) is 4.98 Å². The van der Waals surface area contributed by atoms with Crippen molar-refractivity contribution in [3.8, 4) is 6.07 Å². The average molecular weight is 263 g/mol. The molecule has 0 saturated carbocycles. The van der Waals surface area contributed by atoms with Gasteiger partial charge in [-0.3, -0.25) is 0 Å². The fraction of sp³-hybridized carbons (Fsp3) is 0.231. The van der Waals surface area contributed by atoms with E-state index in [2.05, 4.69) is 10.3 Å². The lowest BCUT2D eigenvalue weighted by molar-refractivity contribution is 0.464. The molecule has 0 radical (unpaired) electrons. The Labute approximate surface area is 108 Å². The number of benzene rings is 1. The summed E-state index contributed by atoms with van der Waals surface area (Å²) in [5.41, 5.74) is -0.361. The molecule has 4 nitrogen and oxygen atoms in total. The molecule has 0 aliphatic heterocycles. The van der Waals surface area contributed by atoms with Gasteiger partial charge in [-0.2, -0.15) is 5.26 Å². The van der Waals surface area contributed by atoms with Gasteiger partial charge in [0.1, 0.15) is 11.8 Å². The summed E-state index contributed by atoms with van der Waals surface area (Å²) in [6.07, 6.45) is 2.31. The van der Waals surface area contributed by atoms with E-state index in [1.165, 1.54) is 12.1 Å². The van der Waals surface area contributed by atoms with Crippen molar-refractivity contribution in [2.75, 3.05) is 5.32 Å². The van der Waals surface area contributed by atoms with Crippen molar-refractivity contribution in [2.45, 2.75) is 19.9 Å². The number of aryl methyl sites for hydroxylation is 1. The molecular formula is C13H11F2N3O. The Kier molecular flexibility index (Phi) is 3.76. The Bertz CT molecular complexity index is 631. The predicted octanol–water partition coefficient (Wildman–Crippen LogP) is 3.00. The molecule has 0 spiro atoms. The summed E-state index contributed by atoms with van der Waals surface area (Å²) in [4.78, 5) is 3.99. The average Bonchev–Trinajstić information content (AvgIpc) is 2.88. The van der Waals surface area contributed by atoms with E-state index in [4.69, 9.17) is 9.68 Å². The van der Waals surface area contributed by atoms with Crippen LogP contribution >= 0.6 is 0 Å². The molecule has 0 amide bonds. The molecule has 0 saturated heterocycles. The van der Waals surface area contributed by atoms with Gasteiger partial charge in [0.25, 0.3) is 0 Å². The quantitative estimate of drug-likeness (QED) is 0.921. The van der Waals surface area contributed by atoms with Crippen LogP contribution in [0.5, 0.6) is 0 Å². The van der Waals surface area contributed by atoms with E-state index in [1.54, 1.807) is 12.3 Å². The van der Waals surface area contributed by atoms with Crippen LogP contribution in [0.25, 0.3) is 0 Å². The summed E-state index contributed by atoms with van der Waals surface area (Å²) in [5.74, 6) is -1.13. The Morgan fingerprint density at radius 1 is 1.37 bits per heavy atom. The zero-order valence-corrected chi connectivity index (χ0v) is 10.2. The van der Waals surface area contributed by atoms with E-state index in [9.17, 15) is 8.78 Å². The van der Waals surface area contributed by atoms with Crippen LogP contribution in [0.4, 0.5) is 14.5 Å². The molecule has 1 aromatic heterocycles. The number of oxazole rings is 1. The lowest BCUT2D eigenvalue weighted by Gasteiger charge is -2.06. The summed E-state index contributed by atoms with van der Waals surface area (Å²) in [6, 6.07) is 4.10. The zero-order valence-electron chi connectivity index (χ0n) is 10.2. The van der Waals surface area contributed by atoms with Crippen molar-refractivity contribution in [2.24, 2.45) is 0 Å². The number of rotatable bonds is 4. The van der Waals surface area contributed by atoms with Gasteiger partial charge in [-0.15, -0.1) is 0 Å². The first-order valence-electron chi connectivity index (χ1n) is 5.71. The molecule has 0 aliphatic rings. The van der Waals surface area contributed by atoms with Gasteiger partial charge in [0.15, 0.2) is 11.6 Å². The second-order valence-corrected chi connectivity index (χ2v) is 3.83. The number of anilines is 1. The molecule has 0 unspecified atom stereocenters. The monoisotopic (exact) mass is 263 g/mol. The molecule has 2 aromatic rings. The maximum atomic E-state index is 13.6. The first-order chi connectivity index (χ1) is 9.15. The number of hydrogen-bond donors (Lipinski definition) is 1. The Hall–Kier alpha value is -2.42. The van der Waals surface area contributed by atoms with Gasteiger partial charge in [0.05, 0.1) is 24.0 Å². The lowest BCUT2D eigenvalue weighted by Crippen LogP contribution is -2.04. The summed E-state index contributed by atoms with van der Waals surface area (Å²) in [6.45, 7) is 2.07. The summed E-state index contributed by atoms with van der Waals surface area (Å²) in [7, 11) is 0. The molecule has 2 rings (SSSR count). The first kappa shape index (κ1) is 13.0. The van der Waals surface area contributed by atoms with Crippen molar-refractivity contribution >= 4 is 5.69 Å². The molecule has 1 N–H and O–H groups in total. The minimum atomic E-state index is -1.16. The summed E-state index contributed by atoms with van der Waals surface area (Å²) < 4.78 is 32.3. The topological polar surface area (TPSA) is 61.9 Å². The standard InChI is InChI=1S/C13H11F2N3O/c1-2-9-6-18-11(19-9)7-17-10-4-3-8(5-16)12(14)13(10)15/h3-4,6,17H,2,7H2,1H3. The molecule has 1 aromatic carbocycles. The van der Waals surface area contributed by atoms with Crippen molar-refractivity contribution in [3.63, 3.8) is 0 Å². The number of halogens is 2. The Morgan fingerprint density at radius 3 is 2.79 bits per heavy atom. The second kappa shape index (κ2) is 5.48. The largest absolute Gasteiger partial charge is 0.444 e. The van der Waals surface area contributed by atoms with Crippen LogP contribution in [-0.2, 0) is 13.0 Å². The van der Waals surface area contributed by atoms with Crippen LogP contribution < -0.4 is 5.32 Å². The smallest absolute Gasteiger partial charge is 0.213 e. The number of hydrogen-bond acceptors (Lipinski definition) is 4. The van der Waals surface area contributed by atoms with E-state index >= 15 is 0 Å². The molecular weight excluding hydrogens is 252 g/mol. The Balaban J connectivity index is 2.12. The molecule has 19 heavy (non-hydrogen) atoms. The highest BCUT2D eigenvalue weighted by molar-refractivity contribution is 5.49. The van der Waals surface area contributed by atoms with E-state index in [-0.39, 0.29) is 17.8 Å². The van der Waals surface area contributed by atoms with Crippen LogP contribution in [0.15, 0.2) is 22.7 Å². The Morgan fingerprint density at radius 2 is 2.16 bits per heavy atom. The van der Waals surface area contributed by atoms with Gasteiger partial charge in [-0.25, -0.2) is 13.8 Å². The normalized spacial score (nSPS) is 10.2. The van der Waals surface area contributed by atoms with Crippen LogP contribution in [0, 0.1) is 23.0 Å². The van der Waals surface area contributed by atoms with Crippen LogP contribution in [0.3, 0.4) is 0 Å². The van der Waals surface area contributed by atoms with Crippen molar-refractivity contribution in [3.05, 3.63) is 47.2 Å². The minimum absolute atomic E-state index is 0.0345. The van der Waals surface area contributed by atoms with Crippen LogP contribution in [0.2, 0.25) is 0 Å².